The van der Waals surface area contributed by atoms with Crippen LogP contribution in [0.3, 0.4) is 0 Å². The molecule has 2 bridgehead atoms. The summed E-state index contributed by atoms with van der Waals surface area (Å²) in [4.78, 5) is 43.4. The van der Waals surface area contributed by atoms with Gasteiger partial charge in [0.2, 0.25) is 17.7 Å². The predicted molar refractivity (Wildman–Crippen MR) is 149 cm³/mol. The van der Waals surface area contributed by atoms with E-state index in [2.05, 4.69) is 24.5 Å². The Morgan fingerprint density at radius 3 is 2.69 bits per heavy atom. The molecule has 8 nitrogen and oxygen atoms in total. The Labute approximate surface area is 231 Å². The van der Waals surface area contributed by atoms with Crippen LogP contribution in [0.2, 0.25) is 0 Å². The van der Waals surface area contributed by atoms with E-state index in [0.717, 1.165) is 30.4 Å². The van der Waals surface area contributed by atoms with E-state index >= 15 is 0 Å². The number of rotatable bonds is 9. The Hall–Kier alpha value is -2.71. The molecule has 3 aliphatic heterocycles. The Morgan fingerprint density at radius 1 is 1.15 bits per heavy atom. The fraction of sp³-hybridized carbons (Fsp3) is 0.645. The van der Waals surface area contributed by atoms with Crippen LogP contribution in [-0.4, -0.2) is 66.2 Å². The molecule has 212 valence electrons. The van der Waals surface area contributed by atoms with Crippen molar-refractivity contribution in [3.05, 3.63) is 41.5 Å². The zero-order valence-electron chi connectivity index (χ0n) is 23.9. The van der Waals surface area contributed by atoms with E-state index in [1.807, 2.05) is 51.1 Å². The van der Waals surface area contributed by atoms with Crippen molar-refractivity contribution in [2.45, 2.75) is 84.1 Å². The summed E-state index contributed by atoms with van der Waals surface area (Å²) in [5.41, 5.74) is 1.76. The normalized spacial score (nSPS) is 34.8. The lowest BCUT2D eigenvalue weighted by Gasteiger charge is -2.38. The Kier molecular flexibility index (Phi) is 7.89. The van der Waals surface area contributed by atoms with Crippen LogP contribution in [0.1, 0.15) is 57.6 Å². The molecule has 1 aromatic carbocycles. The molecule has 1 aromatic rings. The van der Waals surface area contributed by atoms with Crippen LogP contribution >= 0.6 is 0 Å². The minimum Gasteiger partial charge on any atom is -0.382 e. The van der Waals surface area contributed by atoms with Gasteiger partial charge in [-0.25, -0.2) is 0 Å². The average Bonchev–Trinajstić information content (AvgIpc) is 3.54. The van der Waals surface area contributed by atoms with Crippen molar-refractivity contribution < 1.29 is 23.9 Å². The molecule has 8 heteroatoms. The number of ether oxygens (including phenoxy) is 2. The largest absolute Gasteiger partial charge is 0.382 e. The molecule has 0 aromatic heterocycles. The number of nitrogens with one attached hydrogen (secondary N) is 2. The summed E-state index contributed by atoms with van der Waals surface area (Å²) in [5, 5.41) is 6.32. The van der Waals surface area contributed by atoms with Crippen LogP contribution < -0.4 is 10.6 Å². The minimum absolute atomic E-state index is 0.0588. The molecule has 4 aliphatic rings. The van der Waals surface area contributed by atoms with Crippen molar-refractivity contribution in [3.63, 3.8) is 0 Å². The molecule has 8 atom stereocenters. The number of anilines is 1. The van der Waals surface area contributed by atoms with Crippen LogP contribution in [0.15, 0.2) is 30.4 Å². The van der Waals surface area contributed by atoms with Gasteiger partial charge in [-0.05, 0) is 68.7 Å². The molecular weight excluding hydrogens is 494 g/mol. The molecular formula is C31H43N3O5. The van der Waals surface area contributed by atoms with Crippen molar-refractivity contribution in [1.82, 2.24) is 10.2 Å². The molecule has 0 radical (unpaired) electrons. The highest BCUT2D eigenvalue weighted by atomic mass is 16.5. The molecule has 3 fully saturated rings. The number of fused-ring (bicyclic) bond motifs is 1. The van der Waals surface area contributed by atoms with Gasteiger partial charge in [-0.3, -0.25) is 14.4 Å². The van der Waals surface area contributed by atoms with Gasteiger partial charge >= 0.3 is 0 Å². The third-order valence-electron chi connectivity index (χ3n) is 9.63. The van der Waals surface area contributed by atoms with Crippen molar-refractivity contribution in [1.29, 1.82) is 0 Å². The second-order valence-electron chi connectivity index (χ2n) is 12.0. The maximum Gasteiger partial charge on any atom is 0.246 e. The van der Waals surface area contributed by atoms with Crippen molar-refractivity contribution >= 4 is 23.4 Å². The van der Waals surface area contributed by atoms with E-state index in [4.69, 9.17) is 9.47 Å². The molecule has 1 aliphatic carbocycles. The van der Waals surface area contributed by atoms with E-state index in [1.165, 1.54) is 0 Å². The molecule has 1 saturated carbocycles. The molecule has 3 heterocycles. The highest BCUT2D eigenvalue weighted by molar-refractivity contribution is 6.02. The van der Waals surface area contributed by atoms with Gasteiger partial charge in [0.25, 0.3) is 0 Å². The summed E-state index contributed by atoms with van der Waals surface area (Å²) >= 11 is 0. The fourth-order valence-electron chi connectivity index (χ4n) is 7.08. The van der Waals surface area contributed by atoms with Crippen molar-refractivity contribution in [2.75, 3.05) is 25.1 Å². The number of amides is 3. The summed E-state index contributed by atoms with van der Waals surface area (Å²) in [6.07, 6.45) is 6.97. The summed E-state index contributed by atoms with van der Waals surface area (Å²) in [5.74, 6) is -1.20. The van der Waals surface area contributed by atoms with E-state index in [9.17, 15) is 14.4 Å². The third-order valence-corrected chi connectivity index (χ3v) is 9.63. The number of likely N-dealkylation sites (tertiary alicyclic amines) is 1. The summed E-state index contributed by atoms with van der Waals surface area (Å²) < 4.78 is 12.0. The highest BCUT2D eigenvalue weighted by Crippen LogP contribution is 2.55. The number of hydrogen-bond acceptors (Lipinski definition) is 5. The molecule has 5 rings (SSSR count). The first-order valence-corrected chi connectivity index (χ1v) is 14.6. The monoisotopic (exact) mass is 537 g/mol. The fourth-order valence-corrected chi connectivity index (χ4v) is 7.08. The van der Waals surface area contributed by atoms with Gasteiger partial charge in [0, 0.05) is 31.5 Å². The molecule has 1 spiro atoms. The second kappa shape index (κ2) is 11.0. The number of nitrogens with zero attached hydrogens (tertiary/aromatic N) is 1. The Morgan fingerprint density at radius 2 is 1.95 bits per heavy atom. The number of benzene rings is 1. The van der Waals surface area contributed by atoms with Crippen LogP contribution in [0.4, 0.5) is 5.69 Å². The summed E-state index contributed by atoms with van der Waals surface area (Å²) in [6.45, 7) is 11.9. The first-order chi connectivity index (χ1) is 18.7. The summed E-state index contributed by atoms with van der Waals surface area (Å²) in [6, 6.07) is 5.02. The average molecular weight is 538 g/mol. The zero-order chi connectivity index (χ0) is 27.9. The first kappa shape index (κ1) is 27.8. The van der Waals surface area contributed by atoms with E-state index in [0.29, 0.717) is 43.7 Å². The number of hydrogen-bond donors (Lipinski definition) is 2. The number of aryl methyl sites for hydroxylation is 2. The standard InChI is InChI=1S/C31H43N3O5/c1-6-38-16-8-15-34-27(29(36)33-23-10-7-9-19(3)21(23)5)31-14-13-24(39-31)25(26(31)30(34)37)28(35)32-22-12-11-18(2)20(4)17-22/h11-14,17,19,21,23-27H,6-10,15-16H2,1-5H3,(H,32,35)(H,33,36). The van der Waals surface area contributed by atoms with Crippen molar-refractivity contribution in [2.24, 2.45) is 23.7 Å². The first-order valence-electron chi connectivity index (χ1n) is 14.6. The zero-order valence-corrected chi connectivity index (χ0v) is 23.9. The van der Waals surface area contributed by atoms with Gasteiger partial charge in [0.1, 0.15) is 11.6 Å². The van der Waals surface area contributed by atoms with Crippen LogP contribution in [0.5, 0.6) is 0 Å². The highest BCUT2D eigenvalue weighted by Gasteiger charge is 2.72. The predicted octanol–water partition coefficient (Wildman–Crippen LogP) is 3.76. The smallest absolute Gasteiger partial charge is 0.246 e. The van der Waals surface area contributed by atoms with Crippen LogP contribution in [0, 0.1) is 37.5 Å². The van der Waals surface area contributed by atoms with Gasteiger partial charge < -0.3 is 25.0 Å². The van der Waals surface area contributed by atoms with Crippen LogP contribution in [-0.2, 0) is 23.9 Å². The van der Waals surface area contributed by atoms with E-state index in [1.54, 1.807) is 4.90 Å². The Balaban J connectivity index is 1.41. The molecule has 8 unspecified atom stereocenters. The maximum atomic E-state index is 14.0. The lowest BCUT2D eigenvalue weighted by atomic mass is 9.73. The van der Waals surface area contributed by atoms with Gasteiger partial charge in [0.15, 0.2) is 0 Å². The SMILES string of the molecule is CCOCCCN1C(=O)C2C(C(=O)Nc3ccc(C)c(C)c3)C3C=CC2(O3)C1C(=O)NC1CCCC(C)C1C. The number of carbonyl (C=O) groups is 3. The second-order valence-corrected chi connectivity index (χ2v) is 12.0. The molecule has 2 saturated heterocycles. The van der Waals surface area contributed by atoms with E-state index in [-0.39, 0.29) is 23.8 Å². The lowest BCUT2D eigenvalue weighted by Crippen LogP contribution is -2.58. The third kappa shape index (κ3) is 4.91. The van der Waals surface area contributed by atoms with Gasteiger partial charge in [-0.1, -0.05) is 44.9 Å². The summed E-state index contributed by atoms with van der Waals surface area (Å²) in [7, 11) is 0. The van der Waals surface area contributed by atoms with Crippen LogP contribution in [0.25, 0.3) is 0 Å². The van der Waals surface area contributed by atoms with Gasteiger partial charge in [0.05, 0.1) is 17.9 Å². The lowest BCUT2D eigenvalue weighted by molar-refractivity contribution is -0.141. The quantitative estimate of drug-likeness (QED) is 0.369. The molecule has 3 amide bonds. The van der Waals surface area contributed by atoms with Gasteiger partial charge in [-0.15, -0.1) is 0 Å². The van der Waals surface area contributed by atoms with E-state index < -0.39 is 29.6 Å². The molecule has 39 heavy (non-hydrogen) atoms. The molecule has 2 N–H and O–H groups in total. The van der Waals surface area contributed by atoms with Crippen molar-refractivity contribution in [3.8, 4) is 0 Å². The topological polar surface area (TPSA) is 97.0 Å². The minimum atomic E-state index is -1.15. The van der Waals surface area contributed by atoms with Gasteiger partial charge in [-0.2, -0.15) is 0 Å². The maximum absolute atomic E-state index is 14.0. The number of carbonyl (C=O) groups excluding carboxylic acids is 3. The Bertz CT molecular complexity index is 1150.